The summed E-state index contributed by atoms with van der Waals surface area (Å²) in [7, 11) is 0. The molecule has 1 aromatic rings. The molecule has 0 aromatic carbocycles. The van der Waals surface area contributed by atoms with Gasteiger partial charge in [-0.05, 0) is 6.07 Å². The van der Waals surface area contributed by atoms with Crippen LogP contribution in [-0.4, -0.2) is 22.4 Å². The van der Waals surface area contributed by atoms with Gasteiger partial charge in [0.1, 0.15) is 0 Å². The van der Waals surface area contributed by atoms with Gasteiger partial charge >= 0.3 is 0 Å². The lowest BCUT2D eigenvalue weighted by atomic mass is 10.2. The number of nitrogens with one attached hydrogen (secondary N) is 1. The lowest BCUT2D eigenvalue weighted by Gasteiger charge is -2.13. The Morgan fingerprint density at radius 1 is 1.38 bits per heavy atom. The molecule has 0 fully saturated rings. The van der Waals surface area contributed by atoms with Crippen molar-refractivity contribution in [2.75, 3.05) is 11.9 Å². The summed E-state index contributed by atoms with van der Waals surface area (Å²) in [6.45, 7) is 1.01. The third-order valence-corrected chi connectivity index (χ3v) is 1.59. The molecule has 0 amide bonds. The Morgan fingerprint density at radius 3 is 2.54 bits per heavy atom. The Hall–Kier alpha value is -1.26. The zero-order valence-corrected chi connectivity index (χ0v) is 7.30. The highest BCUT2D eigenvalue weighted by Crippen LogP contribution is 2.17. The van der Waals surface area contributed by atoms with Crippen molar-refractivity contribution in [3.63, 3.8) is 0 Å². The van der Waals surface area contributed by atoms with Gasteiger partial charge in [-0.3, -0.25) is 0 Å². The predicted octanol–water partition coefficient (Wildman–Crippen LogP) is 1.93. The molecule has 0 atom stereocenters. The Bertz CT molecular complexity index is 251. The second-order valence-corrected chi connectivity index (χ2v) is 2.64. The van der Waals surface area contributed by atoms with Gasteiger partial charge in [-0.1, -0.05) is 6.92 Å². The Labute approximate surface area is 75.2 Å². The van der Waals surface area contributed by atoms with Gasteiger partial charge in [0, 0.05) is 18.8 Å². The minimum absolute atomic E-state index is 0.188. The van der Waals surface area contributed by atoms with Crippen molar-refractivity contribution in [3.05, 3.63) is 18.5 Å². The minimum Gasteiger partial charge on any atom is -0.348 e. The standard InChI is InChI=1S/C8H11F2N3/c1-2-8(9,10)6-13-7-11-4-3-5-12-7/h3-5H,2,6H2,1H3,(H,11,12,13). The Morgan fingerprint density at radius 2 is 2.00 bits per heavy atom. The van der Waals surface area contributed by atoms with E-state index in [-0.39, 0.29) is 12.4 Å². The van der Waals surface area contributed by atoms with E-state index in [1.807, 2.05) is 0 Å². The molecule has 0 unspecified atom stereocenters. The summed E-state index contributed by atoms with van der Waals surface area (Å²) in [4.78, 5) is 7.52. The zero-order valence-electron chi connectivity index (χ0n) is 7.30. The van der Waals surface area contributed by atoms with Crippen molar-refractivity contribution in [2.45, 2.75) is 19.3 Å². The fraction of sp³-hybridized carbons (Fsp3) is 0.500. The molecule has 13 heavy (non-hydrogen) atoms. The van der Waals surface area contributed by atoms with Crippen molar-refractivity contribution < 1.29 is 8.78 Å². The molecular weight excluding hydrogens is 176 g/mol. The molecule has 0 saturated heterocycles. The largest absolute Gasteiger partial charge is 0.348 e. The van der Waals surface area contributed by atoms with Gasteiger partial charge in [-0.25, -0.2) is 18.7 Å². The summed E-state index contributed by atoms with van der Waals surface area (Å²) < 4.78 is 25.4. The van der Waals surface area contributed by atoms with Gasteiger partial charge in [-0.2, -0.15) is 0 Å². The Kier molecular flexibility index (Phi) is 3.11. The molecule has 0 spiro atoms. The number of hydrogen-bond acceptors (Lipinski definition) is 3. The first-order chi connectivity index (χ1) is 6.14. The predicted molar refractivity (Wildman–Crippen MR) is 45.8 cm³/mol. The quantitative estimate of drug-likeness (QED) is 0.782. The maximum absolute atomic E-state index is 12.7. The summed E-state index contributed by atoms with van der Waals surface area (Å²) in [5.41, 5.74) is 0. The van der Waals surface area contributed by atoms with Crippen LogP contribution < -0.4 is 5.32 Å². The van der Waals surface area contributed by atoms with E-state index in [9.17, 15) is 8.78 Å². The van der Waals surface area contributed by atoms with Crippen molar-refractivity contribution in [1.82, 2.24) is 9.97 Å². The fourth-order valence-corrected chi connectivity index (χ4v) is 0.724. The van der Waals surface area contributed by atoms with Crippen molar-refractivity contribution in [3.8, 4) is 0 Å². The number of anilines is 1. The number of aromatic nitrogens is 2. The molecule has 1 aromatic heterocycles. The highest BCUT2D eigenvalue weighted by Gasteiger charge is 2.25. The lowest BCUT2D eigenvalue weighted by molar-refractivity contribution is 0.0114. The number of rotatable bonds is 4. The summed E-state index contributed by atoms with van der Waals surface area (Å²) in [5.74, 6) is -2.46. The lowest BCUT2D eigenvalue weighted by Crippen LogP contribution is -2.26. The van der Waals surface area contributed by atoms with Crippen LogP contribution in [0.4, 0.5) is 14.7 Å². The summed E-state index contributed by atoms with van der Waals surface area (Å²) in [6, 6.07) is 1.63. The fourth-order valence-electron chi connectivity index (χ4n) is 0.724. The molecule has 0 aliphatic carbocycles. The van der Waals surface area contributed by atoms with E-state index in [2.05, 4.69) is 15.3 Å². The first kappa shape index (κ1) is 9.83. The number of alkyl halides is 2. The zero-order chi connectivity index (χ0) is 9.73. The van der Waals surface area contributed by atoms with Gasteiger partial charge in [-0.15, -0.1) is 0 Å². The van der Waals surface area contributed by atoms with Crippen LogP contribution in [0, 0.1) is 0 Å². The maximum Gasteiger partial charge on any atom is 0.264 e. The summed E-state index contributed by atoms with van der Waals surface area (Å²) in [6.07, 6.45) is 2.81. The van der Waals surface area contributed by atoms with Crippen LogP contribution in [0.5, 0.6) is 0 Å². The van der Waals surface area contributed by atoms with Crippen molar-refractivity contribution >= 4 is 5.95 Å². The van der Waals surface area contributed by atoms with Crippen LogP contribution in [0.15, 0.2) is 18.5 Å². The van der Waals surface area contributed by atoms with Crippen LogP contribution >= 0.6 is 0 Å². The van der Waals surface area contributed by atoms with Crippen LogP contribution in [0.25, 0.3) is 0 Å². The number of hydrogen-bond donors (Lipinski definition) is 1. The molecule has 5 heteroatoms. The molecule has 0 bridgehead atoms. The van der Waals surface area contributed by atoms with Crippen LogP contribution in [0.2, 0.25) is 0 Å². The van der Waals surface area contributed by atoms with Crippen molar-refractivity contribution in [2.24, 2.45) is 0 Å². The van der Waals surface area contributed by atoms with Crippen molar-refractivity contribution in [1.29, 1.82) is 0 Å². The molecular formula is C8H11F2N3. The van der Waals surface area contributed by atoms with Crippen LogP contribution in [-0.2, 0) is 0 Å². The second-order valence-electron chi connectivity index (χ2n) is 2.64. The smallest absolute Gasteiger partial charge is 0.264 e. The van der Waals surface area contributed by atoms with Crippen LogP contribution in [0.3, 0.4) is 0 Å². The normalized spacial score (nSPS) is 11.3. The van der Waals surface area contributed by atoms with Gasteiger partial charge in [0.15, 0.2) is 0 Å². The highest BCUT2D eigenvalue weighted by molar-refractivity contribution is 5.22. The summed E-state index contributed by atoms with van der Waals surface area (Å²) >= 11 is 0. The summed E-state index contributed by atoms with van der Waals surface area (Å²) in [5, 5.41) is 2.46. The van der Waals surface area contributed by atoms with E-state index in [0.29, 0.717) is 0 Å². The number of halogens is 2. The third kappa shape index (κ3) is 3.31. The molecule has 1 heterocycles. The average Bonchev–Trinajstić information content (AvgIpc) is 2.17. The first-order valence-electron chi connectivity index (χ1n) is 4.03. The molecule has 1 rings (SSSR count). The maximum atomic E-state index is 12.7. The van der Waals surface area contributed by atoms with E-state index in [0.717, 1.165) is 0 Å². The van der Waals surface area contributed by atoms with Gasteiger partial charge in [0.05, 0.1) is 6.54 Å². The van der Waals surface area contributed by atoms with E-state index >= 15 is 0 Å². The Balaban J connectivity index is 2.44. The molecule has 72 valence electrons. The molecule has 1 N–H and O–H groups in total. The molecule has 3 nitrogen and oxygen atoms in total. The van der Waals surface area contributed by atoms with Crippen LogP contribution in [0.1, 0.15) is 13.3 Å². The molecule has 0 saturated carbocycles. The molecule has 0 aliphatic heterocycles. The average molecular weight is 187 g/mol. The third-order valence-electron chi connectivity index (χ3n) is 1.59. The van der Waals surface area contributed by atoms with Gasteiger partial charge in [0.2, 0.25) is 5.95 Å². The topological polar surface area (TPSA) is 37.8 Å². The van der Waals surface area contributed by atoms with E-state index in [1.54, 1.807) is 6.07 Å². The van der Waals surface area contributed by atoms with E-state index in [4.69, 9.17) is 0 Å². The molecule has 0 radical (unpaired) electrons. The van der Waals surface area contributed by atoms with Gasteiger partial charge < -0.3 is 5.32 Å². The van der Waals surface area contributed by atoms with Gasteiger partial charge in [0.25, 0.3) is 5.92 Å². The van der Waals surface area contributed by atoms with E-state index in [1.165, 1.54) is 19.3 Å². The van der Waals surface area contributed by atoms with E-state index < -0.39 is 12.5 Å². The SMILES string of the molecule is CCC(F)(F)CNc1ncccn1. The second kappa shape index (κ2) is 4.11. The monoisotopic (exact) mass is 187 g/mol. The number of nitrogens with zero attached hydrogens (tertiary/aromatic N) is 2. The molecule has 0 aliphatic rings. The minimum atomic E-state index is -2.70. The highest BCUT2D eigenvalue weighted by atomic mass is 19.3. The first-order valence-corrected chi connectivity index (χ1v) is 4.03.